The van der Waals surface area contributed by atoms with Gasteiger partial charge in [-0.15, -0.1) is 0 Å². The van der Waals surface area contributed by atoms with Crippen LogP contribution in [-0.4, -0.2) is 247 Å². The van der Waals surface area contributed by atoms with Crippen LogP contribution in [0.15, 0.2) is 85.1 Å². The van der Waals surface area contributed by atoms with E-state index in [-0.39, 0.29) is 102 Å². The molecule has 0 bridgehead atoms. The average Bonchev–Trinajstić information content (AvgIpc) is 1.71. The number of ketones is 4. The van der Waals surface area contributed by atoms with Crippen molar-refractivity contribution < 1.29 is 111 Å². The number of fused-ring (bicyclic) bond motifs is 1. The number of nitrogens with two attached hydrogens (primary N) is 2. The molecule has 0 spiro atoms. The predicted octanol–water partition coefficient (Wildman–Crippen LogP) is 0.0442. The first-order valence-corrected chi connectivity index (χ1v) is 46.2. The molecule has 2 heterocycles. The number of primary amides is 2. The Hall–Kier alpha value is -13.8. The van der Waals surface area contributed by atoms with Gasteiger partial charge in [0.15, 0.2) is 0 Å². The number of aliphatic hydroxyl groups is 1. The van der Waals surface area contributed by atoms with Gasteiger partial charge in [-0.05, 0) is 179 Å². The molecule has 1 aromatic heterocycles. The summed E-state index contributed by atoms with van der Waals surface area (Å²) in [5, 5.41) is 71.5. The van der Waals surface area contributed by atoms with Gasteiger partial charge in [-0.1, -0.05) is 115 Å². The largest absolute Gasteiger partial charge is 0.508 e. The van der Waals surface area contributed by atoms with Crippen molar-refractivity contribution in [3.63, 3.8) is 0 Å². The zero-order chi connectivity index (χ0) is 103. The normalized spacial score (nSPS) is 21.3. The van der Waals surface area contributed by atoms with Gasteiger partial charge in [0.2, 0.25) is 112 Å². The van der Waals surface area contributed by atoms with Gasteiger partial charge in [0.25, 0.3) is 0 Å². The number of rotatable bonds is 39. The van der Waals surface area contributed by atoms with Crippen molar-refractivity contribution in [1.82, 2.24) is 84.7 Å². The van der Waals surface area contributed by atoms with Gasteiger partial charge in [0.1, 0.15) is 71.2 Å². The molecule has 0 saturated heterocycles. The molecule has 0 aliphatic carbocycles. The fraction of sp³-hybridized carbons (Fsp3) is 0.551. The van der Waals surface area contributed by atoms with E-state index in [0.717, 1.165) is 0 Å². The Labute approximate surface area is 809 Å². The van der Waals surface area contributed by atoms with Crippen LogP contribution in [0.5, 0.6) is 5.75 Å². The smallest absolute Gasteiger partial charge is 0.303 e. The number of carboxylic acid groups (broad SMARTS) is 1. The predicted molar refractivity (Wildman–Crippen MR) is 514 cm³/mol. The van der Waals surface area contributed by atoms with Gasteiger partial charge >= 0.3 is 5.97 Å². The third-order valence-electron chi connectivity index (χ3n) is 23.2. The first-order chi connectivity index (χ1) is 64.8. The summed E-state index contributed by atoms with van der Waals surface area (Å²) in [6.07, 6.45) is -3.41. The van der Waals surface area contributed by atoms with Crippen LogP contribution >= 0.6 is 0 Å². The van der Waals surface area contributed by atoms with Crippen LogP contribution in [0.25, 0.3) is 10.9 Å². The van der Waals surface area contributed by atoms with E-state index in [4.69, 9.17) is 11.5 Å². The molecule has 15 amide bonds. The molecule has 4 aromatic rings. The third-order valence-corrected chi connectivity index (χ3v) is 23.2. The molecule has 3 aromatic carbocycles. The van der Waals surface area contributed by atoms with Gasteiger partial charge in [-0.3, -0.25) is 95.9 Å². The van der Waals surface area contributed by atoms with Crippen LogP contribution < -0.4 is 91.2 Å². The molecule has 0 fully saturated rings. The second-order valence-corrected chi connectivity index (χ2v) is 36.5. The van der Waals surface area contributed by atoms with Crippen molar-refractivity contribution in [1.29, 1.82) is 0 Å². The number of benzene rings is 3. The van der Waals surface area contributed by atoms with Crippen molar-refractivity contribution >= 4 is 129 Å². The number of aromatic amines is 1. The van der Waals surface area contributed by atoms with E-state index in [1.54, 1.807) is 88.5 Å². The molecule has 760 valence electrons. The van der Waals surface area contributed by atoms with E-state index >= 15 is 28.8 Å². The van der Waals surface area contributed by atoms with Crippen LogP contribution in [0, 0.1) is 47.4 Å². The quantitative estimate of drug-likeness (QED) is 0.0207. The molecule has 1 aliphatic heterocycles. The van der Waals surface area contributed by atoms with Gasteiger partial charge in [-0.25, -0.2) is 0 Å². The first kappa shape index (κ1) is 118. The zero-order valence-corrected chi connectivity index (χ0v) is 80.9. The lowest BCUT2D eigenvalue weighted by atomic mass is 9.89. The summed E-state index contributed by atoms with van der Waals surface area (Å²) in [5.41, 5.74) is 8.64. The number of phenols is 1. The van der Waals surface area contributed by atoms with E-state index in [0.29, 0.717) is 27.6 Å². The third kappa shape index (κ3) is 39.0. The van der Waals surface area contributed by atoms with Gasteiger partial charge < -0.3 is 112 Å². The van der Waals surface area contributed by atoms with Crippen LogP contribution in [-0.2, 0) is 115 Å². The van der Waals surface area contributed by atoms with E-state index in [1.165, 1.54) is 100 Å². The second-order valence-electron chi connectivity index (χ2n) is 36.5. The maximum atomic E-state index is 15.5. The number of aliphatic hydroxyl groups excluding tert-OH is 1. The Bertz CT molecular complexity index is 5150. The fourth-order valence-corrected chi connectivity index (χ4v) is 14.9. The van der Waals surface area contributed by atoms with E-state index in [2.05, 4.69) is 108 Å². The molecule has 41 nitrogen and oxygen atoms in total. The van der Waals surface area contributed by atoms with Crippen molar-refractivity contribution in [3.8, 4) is 29.4 Å². The number of hydrogen-bond donors (Lipinski definition) is 21. The highest BCUT2D eigenvalue weighted by atomic mass is 16.4. The zero-order valence-electron chi connectivity index (χ0n) is 80.9. The Morgan fingerprint density at radius 2 is 1.09 bits per heavy atom. The Morgan fingerprint density at radius 1 is 0.540 bits per heavy atom. The van der Waals surface area contributed by atoms with E-state index in [1.807, 2.05) is 0 Å². The molecule has 0 radical (unpaired) electrons. The minimum atomic E-state index is -2.14. The number of aromatic hydroxyl groups is 1. The summed E-state index contributed by atoms with van der Waals surface area (Å²) in [4.78, 5) is 283. The number of hydrogen-bond acceptors (Lipinski definition) is 24. The molecule has 23 N–H and O–H groups in total. The molecule has 0 saturated carbocycles. The van der Waals surface area contributed by atoms with Crippen molar-refractivity contribution in [2.45, 2.75) is 310 Å². The molecule has 41 heteroatoms. The standard InChI is InChI=1S/C97H136N18O23.CH4/c1-52(2)44-66-51-102-70(38-40-76(98)119)82(125)81(124)57(8)104-89(132)75(48-65-50-101-69-33-27-26-32-68(65)69)110-90(133)73(47-64-34-36-67(118)37-35-64)109-88(131)71(39-41-77(120)121)112-95(138)97(15,115-92(135)74(46-63-30-24-23-25-31-63)111-93(136)78(61(12)116)113-91(134)72(45-53(3)4)108-62(13)117)43-29-22-20-18-16-17-19-21-28-42-96(14,114-87(66)130)94(137)107-60(11)86(129)106-59(10)85(128)105-58(9)84(127)103-56(7)80(123)79(122)55(6)100-49-54(5)83(99)126;/h23-27,30-37,50,52-61,66,70-75,78,100-102,116,118H,20-22,28-29,38-49,51H2,1-15H3,(H2,98,119)(H2,99,126)(H,103,127)(H,104,132)(H,105,128)(H,106,129)(H,107,137)(H,108,117)(H,109,131)(H,110,133)(H,111,136)(H,112,138)(H,113,134)(H,114,130)(H,115,135)(H,120,121);1H4/t54-,55-,56-,57-,58?,59-,60?,61+,66+,70-,71-,72-,73?,74-,75-,78-,96-,97+;/m0./s1. The summed E-state index contributed by atoms with van der Waals surface area (Å²) >= 11 is 0. The highest BCUT2D eigenvalue weighted by Crippen LogP contribution is 2.25. The number of nitrogens with one attached hydrogen (secondary N) is 16. The lowest BCUT2D eigenvalue weighted by Gasteiger charge is -2.34. The van der Waals surface area contributed by atoms with Crippen LogP contribution in [0.2, 0.25) is 0 Å². The Kier molecular flexibility index (Phi) is 48.0. The molecule has 3 unspecified atom stereocenters. The molecule has 18 atom stereocenters. The molecule has 139 heavy (non-hydrogen) atoms. The average molecular weight is 1940 g/mol. The summed E-state index contributed by atoms with van der Waals surface area (Å²) < 4.78 is 0. The number of carbonyl (C=O) groups excluding carboxylic acids is 19. The van der Waals surface area contributed by atoms with Gasteiger partial charge in [0, 0.05) is 88.0 Å². The molecular formula is C98H140N18O23. The monoisotopic (exact) mass is 1940 g/mol. The molecule has 5 rings (SSSR count). The van der Waals surface area contributed by atoms with Crippen LogP contribution in [0.1, 0.15) is 211 Å². The number of para-hydroxylation sites is 1. The Balaban J connectivity index is 0.0000403. The number of H-pyrrole nitrogens is 1. The van der Waals surface area contributed by atoms with Crippen molar-refractivity contribution in [2.75, 3.05) is 13.1 Å². The maximum Gasteiger partial charge on any atom is 0.303 e. The van der Waals surface area contributed by atoms with E-state index < -0.39 is 264 Å². The highest BCUT2D eigenvalue weighted by Gasteiger charge is 2.44. The second kappa shape index (κ2) is 56.8. The van der Waals surface area contributed by atoms with Crippen LogP contribution in [0.4, 0.5) is 0 Å². The number of aromatic nitrogens is 1. The molecule has 1 aliphatic rings. The fourth-order valence-electron chi connectivity index (χ4n) is 14.9. The topological polar surface area (TPSA) is 650 Å². The first-order valence-electron chi connectivity index (χ1n) is 46.2. The SMILES string of the molecule is C.CC(=O)N[C@@H](CC(C)C)C(=O)N[C@H](C(=O)N[C@@H](Cc1ccccc1)C(=O)N[C@]1(C)CCCCC#CC#CCCC[C@@](C)(C(=O)NC(C)C(=O)N[C@@H](C)C(=O)NC(C)C(=O)N[C@@H](C)C(=O)C(=O)[C@H](C)NC[C@H](C)C(N)=O)NC(=O)[C@H](CC(C)C)CN[C@@H](CCC(N)=O)C(=O)C(=O)[C@H](C)NC(=O)[C@H](Cc2c[nH]c3ccccc23)NC(=O)C(Cc2ccc(O)cc2)NC(=O)[C@H](CCC(=O)O)NC1=O)[C@@H](C)O. The highest BCUT2D eigenvalue weighted by molar-refractivity contribution is 6.41. The summed E-state index contributed by atoms with van der Waals surface area (Å²) in [5.74, 6) is -10.7. The number of amides is 15. The number of carboxylic acids is 1. The lowest BCUT2D eigenvalue weighted by molar-refractivity contribution is -0.140. The van der Waals surface area contributed by atoms with Crippen molar-refractivity contribution in [2.24, 2.45) is 35.1 Å². The lowest BCUT2D eigenvalue weighted by Crippen LogP contribution is -2.65. The summed E-state index contributed by atoms with van der Waals surface area (Å²) in [6, 6.07) is 0.724. The minimum absolute atomic E-state index is 0. The van der Waals surface area contributed by atoms with Gasteiger partial charge in [-0.2, -0.15) is 0 Å². The van der Waals surface area contributed by atoms with E-state index in [9.17, 15) is 82.4 Å². The summed E-state index contributed by atoms with van der Waals surface area (Å²) in [6.45, 7) is 21.0. The number of phenolic OH excluding ortho intramolecular Hbond substituents is 1. The van der Waals surface area contributed by atoms with Crippen molar-refractivity contribution in [3.05, 3.63) is 102 Å². The minimum Gasteiger partial charge on any atom is -0.508 e. The Morgan fingerprint density at radius 3 is 1.67 bits per heavy atom. The van der Waals surface area contributed by atoms with Gasteiger partial charge in [0.05, 0.1) is 36.2 Å². The van der Waals surface area contributed by atoms with Crippen LogP contribution in [0.3, 0.4) is 0 Å². The number of aliphatic carboxylic acids is 1. The maximum absolute atomic E-state index is 15.5. The number of carbonyl (C=O) groups is 20. The number of Topliss-reactive ketones (excluding diaryl/α,β-unsaturated/α-hetero) is 4. The molecular weight excluding hydrogens is 1800 g/mol. The summed E-state index contributed by atoms with van der Waals surface area (Å²) in [7, 11) is 0.